The van der Waals surface area contributed by atoms with Gasteiger partial charge in [0, 0.05) is 56.7 Å². The summed E-state index contributed by atoms with van der Waals surface area (Å²) in [5, 5.41) is 9.83. The van der Waals surface area contributed by atoms with Crippen molar-refractivity contribution < 1.29 is 24.3 Å². The molecule has 4 rings (SSSR count). The number of carboxylic acid groups (broad SMARTS) is 1. The summed E-state index contributed by atoms with van der Waals surface area (Å²) in [6.07, 6.45) is 8.71. The van der Waals surface area contributed by atoms with Crippen molar-refractivity contribution in [3.63, 3.8) is 0 Å². The Balaban J connectivity index is 1.28. The van der Waals surface area contributed by atoms with E-state index >= 15 is 0 Å². The van der Waals surface area contributed by atoms with Crippen LogP contribution in [-0.4, -0.2) is 70.5 Å². The molecule has 2 amide bonds. The second-order valence-electron chi connectivity index (χ2n) is 8.66. The zero-order valence-electron chi connectivity index (χ0n) is 19.6. The van der Waals surface area contributed by atoms with Crippen LogP contribution in [-0.2, 0) is 20.8 Å². The number of hydroxylamine groups is 1. The lowest BCUT2D eigenvalue weighted by molar-refractivity contribution is -0.198. The van der Waals surface area contributed by atoms with E-state index in [1.807, 2.05) is 18.2 Å². The molecule has 186 valence electrons. The predicted molar refractivity (Wildman–Crippen MR) is 129 cm³/mol. The zero-order valence-corrected chi connectivity index (χ0v) is 19.6. The molecule has 0 saturated carbocycles. The number of hydrogen-bond acceptors (Lipinski definition) is 7. The van der Waals surface area contributed by atoms with Gasteiger partial charge in [-0.1, -0.05) is 30.3 Å². The maximum absolute atomic E-state index is 12.0. The van der Waals surface area contributed by atoms with Crippen LogP contribution >= 0.6 is 0 Å². The summed E-state index contributed by atoms with van der Waals surface area (Å²) in [4.78, 5) is 41.2. The Morgan fingerprint density at radius 2 is 2.00 bits per heavy atom. The molecule has 1 unspecified atom stereocenters. The third kappa shape index (κ3) is 7.32. The first-order valence-electron chi connectivity index (χ1n) is 11.9. The first-order valence-corrected chi connectivity index (χ1v) is 11.9. The summed E-state index contributed by atoms with van der Waals surface area (Å²) < 4.78 is 5.39. The molecule has 3 heterocycles. The highest BCUT2D eigenvalue weighted by Gasteiger charge is 2.33. The number of amides is 2. The molecule has 2 aromatic rings. The molecule has 2 aliphatic rings. The fourth-order valence-electron chi connectivity index (χ4n) is 4.24. The van der Waals surface area contributed by atoms with Gasteiger partial charge in [-0.2, -0.15) is 0 Å². The molecule has 1 aromatic carbocycles. The van der Waals surface area contributed by atoms with Gasteiger partial charge in [-0.05, 0) is 37.3 Å². The maximum Gasteiger partial charge on any atom is 0.414 e. The first kappa shape index (κ1) is 24.8. The minimum atomic E-state index is -1.08. The second-order valence-corrected chi connectivity index (χ2v) is 8.66. The number of carbonyl (C=O) groups excluding carboxylic acids is 1. The third-order valence-electron chi connectivity index (χ3n) is 6.11. The quantitative estimate of drug-likeness (QED) is 0.415. The van der Waals surface area contributed by atoms with Crippen LogP contribution in [0.3, 0.4) is 0 Å². The lowest BCUT2D eigenvalue weighted by Crippen LogP contribution is -2.42. The summed E-state index contributed by atoms with van der Waals surface area (Å²) in [6, 6.07) is 10.0. The lowest BCUT2D eigenvalue weighted by atomic mass is 10.1. The molecule has 10 heteroatoms. The molecular formula is C25H31N5O5. The van der Waals surface area contributed by atoms with Crippen molar-refractivity contribution in [2.24, 2.45) is 0 Å². The van der Waals surface area contributed by atoms with Crippen LogP contribution in [0.4, 0.5) is 10.7 Å². The number of ether oxygens (including phenoxy) is 1. The molecule has 0 spiro atoms. The standard InChI is InChI=1S/C25H31N5O5/c31-22(28-35-23-8-4-5-15-34-23)10-9-20-16-26-24(27-17-20)30(25(32)33)21-12-14-29(18-21)13-11-19-6-2-1-3-7-19/h1-3,6-7,9-10,16-17,21,23H,4-5,8,11-15,18H2,(H,28,31)(H,32,33)/b10-9+/t21-,23?/m1/s1. The van der Waals surface area contributed by atoms with Gasteiger partial charge in [-0.25, -0.2) is 30.0 Å². The van der Waals surface area contributed by atoms with Gasteiger partial charge >= 0.3 is 6.09 Å². The normalized spacial score (nSPS) is 20.7. The first-order chi connectivity index (χ1) is 17.1. The number of benzene rings is 1. The van der Waals surface area contributed by atoms with Gasteiger partial charge in [0.25, 0.3) is 5.91 Å². The Morgan fingerprint density at radius 3 is 2.71 bits per heavy atom. The third-order valence-corrected chi connectivity index (χ3v) is 6.11. The van der Waals surface area contributed by atoms with E-state index in [9.17, 15) is 14.7 Å². The zero-order chi connectivity index (χ0) is 24.5. The van der Waals surface area contributed by atoms with Crippen molar-refractivity contribution in [2.75, 3.05) is 31.1 Å². The lowest BCUT2D eigenvalue weighted by Gasteiger charge is -2.24. The Labute approximate surface area is 204 Å². The monoisotopic (exact) mass is 481 g/mol. The summed E-state index contributed by atoms with van der Waals surface area (Å²) in [5.74, 6) is -0.302. The molecule has 2 saturated heterocycles. The van der Waals surface area contributed by atoms with E-state index in [4.69, 9.17) is 9.57 Å². The molecule has 2 atom stereocenters. The van der Waals surface area contributed by atoms with E-state index < -0.39 is 18.3 Å². The molecule has 2 aliphatic heterocycles. The average Bonchev–Trinajstić information content (AvgIpc) is 3.35. The fraction of sp³-hybridized carbons (Fsp3) is 0.440. The van der Waals surface area contributed by atoms with Crippen LogP contribution in [0, 0.1) is 0 Å². The second kappa shape index (κ2) is 12.4. The van der Waals surface area contributed by atoms with Gasteiger partial charge in [0.05, 0.1) is 6.04 Å². The van der Waals surface area contributed by atoms with Crippen molar-refractivity contribution in [1.82, 2.24) is 20.3 Å². The summed E-state index contributed by atoms with van der Waals surface area (Å²) in [7, 11) is 0. The van der Waals surface area contributed by atoms with Crippen molar-refractivity contribution in [3.05, 3.63) is 59.9 Å². The molecule has 1 aromatic heterocycles. The highest BCUT2D eigenvalue weighted by Crippen LogP contribution is 2.21. The Kier molecular flexibility index (Phi) is 8.77. The van der Waals surface area contributed by atoms with E-state index in [-0.39, 0.29) is 12.0 Å². The largest absolute Gasteiger partial charge is 0.465 e. The van der Waals surface area contributed by atoms with Gasteiger partial charge in [0.2, 0.25) is 5.95 Å². The van der Waals surface area contributed by atoms with E-state index in [2.05, 4.69) is 32.5 Å². The fourth-order valence-corrected chi connectivity index (χ4v) is 4.24. The topological polar surface area (TPSA) is 117 Å². The van der Waals surface area contributed by atoms with Crippen LogP contribution in [0.25, 0.3) is 6.08 Å². The molecule has 0 aliphatic carbocycles. The molecular weight excluding hydrogens is 450 g/mol. The van der Waals surface area contributed by atoms with E-state index in [0.29, 0.717) is 18.7 Å². The van der Waals surface area contributed by atoms with Crippen molar-refractivity contribution in [3.8, 4) is 0 Å². The van der Waals surface area contributed by atoms with Crippen LogP contribution in [0.15, 0.2) is 48.8 Å². The Morgan fingerprint density at radius 1 is 1.20 bits per heavy atom. The molecule has 2 fully saturated rings. The number of nitrogens with one attached hydrogen (secondary N) is 1. The van der Waals surface area contributed by atoms with Gasteiger partial charge in [0.15, 0.2) is 6.29 Å². The van der Waals surface area contributed by atoms with Crippen molar-refractivity contribution in [2.45, 2.75) is 44.4 Å². The molecule has 0 bridgehead atoms. The number of nitrogens with zero attached hydrogens (tertiary/aromatic N) is 4. The van der Waals surface area contributed by atoms with Gasteiger partial charge in [-0.3, -0.25) is 4.79 Å². The Bertz CT molecular complexity index is 995. The number of aromatic nitrogens is 2. The van der Waals surface area contributed by atoms with Gasteiger partial charge in [0.1, 0.15) is 0 Å². The van der Waals surface area contributed by atoms with Crippen LogP contribution in [0.5, 0.6) is 0 Å². The number of rotatable bonds is 9. The number of anilines is 1. The van der Waals surface area contributed by atoms with Gasteiger partial charge < -0.3 is 14.7 Å². The minimum absolute atomic E-state index is 0.131. The maximum atomic E-state index is 12.0. The number of carbonyl (C=O) groups is 2. The Hall–Kier alpha value is -3.34. The van der Waals surface area contributed by atoms with Crippen LogP contribution < -0.4 is 10.4 Å². The summed E-state index contributed by atoms with van der Waals surface area (Å²) >= 11 is 0. The molecule has 0 radical (unpaired) electrons. The van der Waals surface area contributed by atoms with Crippen LogP contribution in [0.2, 0.25) is 0 Å². The highest BCUT2D eigenvalue weighted by atomic mass is 16.8. The minimum Gasteiger partial charge on any atom is -0.465 e. The molecule has 35 heavy (non-hydrogen) atoms. The van der Waals surface area contributed by atoms with E-state index in [1.54, 1.807) is 0 Å². The smallest absolute Gasteiger partial charge is 0.414 e. The van der Waals surface area contributed by atoms with E-state index in [0.717, 1.165) is 45.2 Å². The van der Waals surface area contributed by atoms with Crippen molar-refractivity contribution in [1.29, 1.82) is 0 Å². The SMILES string of the molecule is O=C(/C=C/c1cnc(N(C(=O)O)[C@@H]2CCN(CCc3ccccc3)C2)nc1)NOC1CCCCO1. The predicted octanol–water partition coefficient (Wildman–Crippen LogP) is 2.87. The number of likely N-dealkylation sites (tertiary alicyclic amines) is 1. The number of hydrogen-bond donors (Lipinski definition) is 2. The summed E-state index contributed by atoms with van der Waals surface area (Å²) in [6.45, 7) is 2.96. The van der Waals surface area contributed by atoms with Gasteiger partial charge in [-0.15, -0.1) is 0 Å². The summed E-state index contributed by atoms with van der Waals surface area (Å²) in [5.41, 5.74) is 4.18. The molecule has 10 nitrogen and oxygen atoms in total. The molecule has 2 N–H and O–H groups in total. The van der Waals surface area contributed by atoms with Crippen LogP contribution in [0.1, 0.15) is 36.8 Å². The highest BCUT2D eigenvalue weighted by molar-refractivity contribution is 5.91. The van der Waals surface area contributed by atoms with E-state index in [1.165, 1.54) is 35.0 Å². The van der Waals surface area contributed by atoms with Crippen molar-refractivity contribution >= 4 is 24.0 Å². The average molecular weight is 482 g/mol.